The van der Waals surface area contributed by atoms with E-state index >= 15 is 0 Å². The van der Waals surface area contributed by atoms with Crippen molar-refractivity contribution in [2.75, 3.05) is 0 Å². The van der Waals surface area contributed by atoms with Crippen molar-refractivity contribution >= 4 is 0 Å². The van der Waals surface area contributed by atoms with Gasteiger partial charge in [0.05, 0.1) is 5.69 Å². The molecule has 0 fully saturated rings. The first kappa shape index (κ1) is 8.81. The Balaban J connectivity index is 2.62. The van der Waals surface area contributed by atoms with Crippen molar-refractivity contribution in [1.82, 2.24) is 9.71 Å². The number of imidazole rings is 1. The Hall–Kier alpha value is -1.77. The van der Waals surface area contributed by atoms with Gasteiger partial charge in [0.15, 0.2) is 0 Å². The number of hydrogen-bond acceptors (Lipinski definition) is 2. The maximum absolute atomic E-state index is 9.73. The zero-order valence-electron chi connectivity index (χ0n) is 8.23. The summed E-state index contributed by atoms with van der Waals surface area (Å²) in [6.45, 7) is 3.67. The van der Waals surface area contributed by atoms with Crippen LogP contribution < -0.4 is 0 Å². The Morgan fingerprint density at radius 2 is 1.79 bits per heavy atom. The molecule has 0 saturated carbocycles. The van der Waals surface area contributed by atoms with Crippen LogP contribution in [0.2, 0.25) is 0 Å². The molecule has 0 aliphatic heterocycles. The van der Waals surface area contributed by atoms with Gasteiger partial charge in [-0.15, -0.1) is 0 Å². The van der Waals surface area contributed by atoms with E-state index in [1.165, 1.54) is 0 Å². The van der Waals surface area contributed by atoms with E-state index in [9.17, 15) is 5.21 Å². The lowest BCUT2D eigenvalue weighted by atomic mass is 10.1. The summed E-state index contributed by atoms with van der Waals surface area (Å²) in [5.74, 6) is 0.612. The fraction of sp³-hybridized carbons (Fsp3) is 0.182. The lowest BCUT2D eigenvalue weighted by molar-refractivity contribution is 0.183. The maximum Gasteiger partial charge on any atom is 0.142 e. The summed E-state index contributed by atoms with van der Waals surface area (Å²) in [5, 5.41) is 9.73. The van der Waals surface area contributed by atoms with Crippen LogP contribution in [0.1, 0.15) is 11.5 Å². The van der Waals surface area contributed by atoms with Gasteiger partial charge in [-0.05, 0) is 13.8 Å². The zero-order chi connectivity index (χ0) is 10.1. The fourth-order valence-corrected chi connectivity index (χ4v) is 1.59. The minimum Gasteiger partial charge on any atom is -0.427 e. The van der Waals surface area contributed by atoms with Gasteiger partial charge in [0, 0.05) is 5.56 Å². The highest BCUT2D eigenvalue weighted by atomic mass is 16.5. The number of benzene rings is 1. The third-order valence-electron chi connectivity index (χ3n) is 2.24. The third-order valence-corrected chi connectivity index (χ3v) is 2.24. The Morgan fingerprint density at radius 1 is 1.14 bits per heavy atom. The van der Waals surface area contributed by atoms with E-state index in [4.69, 9.17) is 0 Å². The number of hydrogen-bond donors (Lipinski definition) is 1. The molecule has 0 saturated heterocycles. The maximum atomic E-state index is 9.73. The molecule has 0 amide bonds. The van der Waals surface area contributed by atoms with Gasteiger partial charge in [-0.1, -0.05) is 30.3 Å². The van der Waals surface area contributed by atoms with Crippen molar-refractivity contribution in [3.8, 4) is 11.3 Å². The summed E-state index contributed by atoms with van der Waals surface area (Å²) in [7, 11) is 0. The molecule has 1 N–H and O–H groups in total. The average molecular weight is 188 g/mol. The molecule has 0 radical (unpaired) electrons. The normalized spacial score (nSPS) is 10.4. The van der Waals surface area contributed by atoms with Crippen molar-refractivity contribution in [2.45, 2.75) is 13.8 Å². The summed E-state index contributed by atoms with van der Waals surface area (Å²) in [6, 6.07) is 9.74. The molecule has 2 rings (SSSR count). The van der Waals surface area contributed by atoms with Gasteiger partial charge < -0.3 is 5.21 Å². The van der Waals surface area contributed by atoms with Crippen LogP contribution in [0.4, 0.5) is 0 Å². The highest BCUT2D eigenvalue weighted by Crippen LogP contribution is 2.22. The molecular formula is C11H12N2O. The Labute approximate surface area is 82.6 Å². The predicted octanol–water partition coefficient (Wildman–Crippen LogP) is 2.40. The molecule has 3 heteroatoms. The topological polar surface area (TPSA) is 38.0 Å². The SMILES string of the molecule is Cc1nc(C)n(O)c1-c1ccccc1. The van der Waals surface area contributed by atoms with Crippen LogP contribution in [-0.2, 0) is 0 Å². The first-order valence-electron chi connectivity index (χ1n) is 4.51. The standard InChI is InChI=1S/C11H12N2O/c1-8-11(13(14)9(2)12-8)10-6-4-3-5-7-10/h3-7,14H,1-2H3. The van der Waals surface area contributed by atoms with E-state index in [-0.39, 0.29) is 0 Å². The average Bonchev–Trinajstić information content (AvgIpc) is 2.43. The number of aryl methyl sites for hydroxylation is 2. The fourth-order valence-electron chi connectivity index (χ4n) is 1.59. The molecule has 0 atom stereocenters. The first-order valence-corrected chi connectivity index (χ1v) is 4.51. The molecule has 14 heavy (non-hydrogen) atoms. The predicted molar refractivity (Wildman–Crippen MR) is 54.3 cm³/mol. The number of nitrogens with zero attached hydrogens (tertiary/aromatic N) is 2. The molecule has 1 aromatic heterocycles. The molecular weight excluding hydrogens is 176 g/mol. The second kappa shape index (κ2) is 3.18. The summed E-state index contributed by atoms with van der Waals surface area (Å²) >= 11 is 0. The molecule has 2 aromatic rings. The van der Waals surface area contributed by atoms with Crippen molar-refractivity contribution in [3.05, 3.63) is 41.9 Å². The first-order chi connectivity index (χ1) is 6.70. The lowest BCUT2D eigenvalue weighted by Gasteiger charge is -2.02. The van der Waals surface area contributed by atoms with Gasteiger partial charge in [0.1, 0.15) is 11.5 Å². The summed E-state index contributed by atoms with van der Waals surface area (Å²) in [6.07, 6.45) is 0. The minimum atomic E-state index is 0.612. The lowest BCUT2D eigenvalue weighted by Crippen LogP contribution is -1.96. The highest BCUT2D eigenvalue weighted by molar-refractivity contribution is 5.62. The largest absolute Gasteiger partial charge is 0.427 e. The number of rotatable bonds is 1. The van der Waals surface area contributed by atoms with Crippen molar-refractivity contribution in [1.29, 1.82) is 0 Å². The van der Waals surface area contributed by atoms with Gasteiger partial charge in [0.25, 0.3) is 0 Å². The van der Waals surface area contributed by atoms with Crippen LogP contribution in [0.3, 0.4) is 0 Å². The molecule has 1 heterocycles. The molecule has 0 aliphatic carbocycles. The van der Waals surface area contributed by atoms with Crippen LogP contribution in [0.5, 0.6) is 0 Å². The Kier molecular flexibility index (Phi) is 2.00. The van der Waals surface area contributed by atoms with E-state index in [0.717, 1.165) is 21.7 Å². The summed E-state index contributed by atoms with van der Waals surface area (Å²) < 4.78 is 1.13. The molecule has 0 bridgehead atoms. The molecule has 0 unspecified atom stereocenters. The second-order valence-corrected chi connectivity index (χ2v) is 3.27. The smallest absolute Gasteiger partial charge is 0.142 e. The highest BCUT2D eigenvalue weighted by Gasteiger charge is 2.11. The van der Waals surface area contributed by atoms with Crippen LogP contribution in [0.25, 0.3) is 11.3 Å². The van der Waals surface area contributed by atoms with E-state index < -0.39 is 0 Å². The van der Waals surface area contributed by atoms with E-state index in [1.807, 2.05) is 37.3 Å². The summed E-state index contributed by atoms with van der Waals surface area (Å²) in [5.41, 5.74) is 2.59. The quantitative estimate of drug-likeness (QED) is 0.698. The monoisotopic (exact) mass is 188 g/mol. The summed E-state index contributed by atoms with van der Waals surface area (Å²) in [4.78, 5) is 4.20. The van der Waals surface area contributed by atoms with Crippen LogP contribution in [0.15, 0.2) is 30.3 Å². The van der Waals surface area contributed by atoms with Gasteiger partial charge in [-0.2, -0.15) is 4.73 Å². The van der Waals surface area contributed by atoms with Gasteiger partial charge >= 0.3 is 0 Å². The molecule has 0 spiro atoms. The number of aromatic nitrogens is 2. The molecule has 72 valence electrons. The van der Waals surface area contributed by atoms with E-state index in [2.05, 4.69) is 4.98 Å². The van der Waals surface area contributed by atoms with E-state index in [1.54, 1.807) is 6.92 Å². The van der Waals surface area contributed by atoms with Gasteiger partial charge in [0.2, 0.25) is 0 Å². The second-order valence-electron chi connectivity index (χ2n) is 3.27. The third kappa shape index (κ3) is 1.27. The Morgan fingerprint density at radius 3 is 2.29 bits per heavy atom. The van der Waals surface area contributed by atoms with Crippen molar-refractivity contribution in [2.24, 2.45) is 0 Å². The van der Waals surface area contributed by atoms with Crippen LogP contribution in [-0.4, -0.2) is 14.9 Å². The van der Waals surface area contributed by atoms with Gasteiger partial charge in [-0.25, -0.2) is 4.98 Å². The van der Waals surface area contributed by atoms with E-state index in [0.29, 0.717) is 5.82 Å². The molecule has 3 nitrogen and oxygen atoms in total. The minimum absolute atomic E-state index is 0.612. The van der Waals surface area contributed by atoms with Crippen LogP contribution >= 0.6 is 0 Å². The Bertz CT molecular complexity index is 446. The zero-order valence-corrected chi connectivity index (χ0v) is 8.23. The van der Waals surface area contributed by atoms with Crippen molar-refractivity contribution < 1.29 is 5.21 Å². The molecule has 0 aliphatic rings. The van der Waals surface area contributed by atoms with Crippen molar-refractivity contribution in [3.63, 3.8) is 0 Å². The van der Waals surface area contributed by atoms with Crippen LogP contribution in [0, 0.1) is 13.8 Å². The van der Waals surface area contributed by atoms with Gasteiger partial charge in [-0.3, -0.25) is 0 Å². The molecule has 1 aromatic carbocycles.